The second-order valence-electron chi connectivity index (χ2n) is 3.53. The van der Waals surface area contributed by atoms with Gasteiger partial charge in [-0.2, -0.15) is 0 Å². The maximum Gasteiger partial charge on any atom is 0.146 e. The summed E-state index contributed by atoms with van der Waals surface area (Å²) in [5.41, 5.74) is 6.07. The van der Waals surface area contributed by atoms with Crippen LogP contribution in [-0.4, -0.2) is 24.5 Å². The van der Waals surface area contributed by atoms with Crippen molar-refractivity contribution < 1.29 is 4.39 Å². The molecule has 1 aromatic carbocycles. The van der Waals surface area contributed by atoms with Gasteiger partial charge in [-0.1, -0.05) is 29.8 Å². The Kier molecular flexibility index (Phi) is 5.46. The highest BCUT2D eigenvalue weighted by atomic mass is 35.5. The zero-order chi connectivity index (χ0) is 12.0. The van der Waals surface area contributed by atoms with Crippen LogP contribution in [0.5, 0.6) is 0 Å². The largest absolute Gasteiger partial charge is 0.329 e. The Hall–Kier alpha value is -0.900. The van der Waals surface area contributed by atoms with Crippen LogP contribution in [0.25, 0.3) is 0 Å². The van der Waals surface area contributed by atoms with Gasteiger partial charge < -0.3 is 5.73 Å². The summed E-state index contributed by atoms with van der Waals surface area (Å²) in [6.45, 7) is 6.09. The third kappa shape index (κ3) is 3.59. The molecular formula is C12H16ClFN2. The van der Waals surface area contributed by atoms with Gasteiger partial charge in [-0.25, -0.2) is 4.39 Å². The van der Waals surface area contributed by atoms with Gasteiger partial charge in [0.05, 0.1) is 5.02 Å². The molecule has 0 heterocycles. The summed E-state index contributed by atoms with van der Waals surface area (Å²) in [6, 6.07) is 5.02. The summed E-state index contributed by atoms with van der Waals surface area (Å²) >= 11 is 5.71. The maximum atomic E-state index is 13.6. The average molecular weight is 243 g/mol. The van der Waals surface area contributed by atoms with Crippen LogP contribution in [0.1, 0.15) is 5.56 Å². The van der Waals surface area contributed by atoms with E-state index in [1.807, 2.05) is 4.90 Å². The predicted molar refractivity (Wildman–Crippen MR) is 65.9 cm³/mol. The fourth-order valence-corrected chi connectivity index (χ4v) is 1.71. The lowest BCUT2D eigenvalue weighted by Gasteiger charge is -2.20. The van der Waals surface area contributed by atoms with Crippen LogP contribution in [0.2, 0.25) is 5.02 Å². The molecule has 4 heteroatoms. The molecule has 0 amide bonds. The highest BCUT2D eigenvalue weighted by Gasteiger charge is 2.09. The molecular weight excluding hydrogens is 227 g/mol. The van der Waals surface area contributed by atoms with E-state index in [2.05, 4.69) is 6.58 Å². The van der Waals surface area contributed by atoms with Crippen LogP contribution in [0.15, 0.2) is 30.9 Å². The Morgan fingerprint density at radius 3 is 2.88 bits per heavy atom. The van der Waals surface area contributed by atoms with Gasteiger partial charge in [0, 0.05) is 31.7 Å². The fraction of sp³-hybridized carbons (Fsp3) is 0.333. The first kappa shape index (κ1) is 13.2. The van der Waals surface area contributed by atoms with Crippen molar-refractivity contribution in [3.05, 3.63) is 47.3 Å². The van der Waals surface area contributed by atoms with Gasteiger partial charge in [-0.05, 0) is 6.07 Å². The molecule has 88 valence electrons. The molecule has 0 aliphatic rings. The van der Waals surface area contributed by atoms with Crippen LogP contribution >= 0.6 is 11.6 Å². The van der Waals surface area contributed by atoms with Crippen molar-refractivity contribution in [2.75, 3.05) is 19.6 Å². The number of nitrogens with zero attached hydrogens (tertiary/aromatic N) is 1. The molecule has 0 atom stereocenters. The van der Waals surface area contributed by atoms with Crippen LogP contribution in [0, 0.1) is 5.82 Å². The number of nitrogens with two attached hydrogens (primary N) is 1. The number of hydrogen-bond donors (Lipinski definition) is 1. The molecule has 1 rings (SSSR count). The zero-order valence-electron chi connectivity index (χ0n) is 9.13. The molecule has 1 aromatic rings. The van der Waals surface area contributed by atoms with Crippen molar-refractivity contribution in [2.24, 2.45) is 5.73 Å². The fourth-order valence-electron chi connectivity index (χ4n) is 1.51. The topological polar surface area (TPSA) is 29.3 Å². The number of halogens is 2. The molecule has 0 fully saturated rings. The lowest BCUT2D eigenvalue weighted by atomic mass is 10.2. The normalized spacial score (nSPS) is 10.8. The van der Waals surface area contributed by atoms with Crippen molar-refractivity contribution in [3.8, 4) is 0 Å². The molecule has 2 N–H and O–H groups in total. The van der Waals surface area contributed by atoms with Gasteiger partial charge in [-0.15, -0.1) is 6.58 Å². The second-order valence-corrected chi connectivity index (χ2v) is 3.93. The van der Waals surface area contributed by atoms with Crippen molar-refractivity contribution in [1.29, 1.82) is 0 Å². The van der Waals surface area contributed by atoms with Crippen LogP contribution in [-0.2, 0) is 6.54 Å². The monoisotopic (exact) mass is 242 g/mol. The average Bonchev–Trinajstić information content (AvgIpc) is 2.25. The SMILES string of the molecule is C=CCN(CCN)Cc1cccc(Cl)c1F. The Bertz CT molecular complexity index is 355. The Morgan fingerprint density at radius 2 is 2.25 bits per heavy atom. The minimum atomic E-state index is -0.352. The quantitative estimate of drug-likeness (QED) is 0.777. The molecule has 0 unspecified atom stereocenters. The molecule has 0 aliphatic carbocycles. The minimum absolute atomic E-state index is 0.156. The first-order valence-corrected chi connectivity index (χ1v) is 5.53. The molecule has 0 aromatic heterocycles. The number of benzene rings is 1. The molecule has 0 saturated heterocycles. The van der Waals surface area contributed by atoms with Crippen LogP contribution in [0.4, 0.5) is 4.39 Å². The van der Waals surface area contributed by atoms with E-state index in [9.17, 15) is 4.39 Å². The predicted octanol–water partition coefficient (Wildman–Crippen LogP) is 2.43. The van der Waals surface area contributed by atoms with E-state index in [-0.39, 0.29) is 10.8 Å². The Morgan fingerprint density at radius 1 is 1.50 bits per heavy atom. The zero-order valence-corrected chi connectivity index (χ0v) is 9.88. The highest BCUT2D eigenvalue weighted by Crippen LogP contribution is 2.19. The molecule has 0 radical (unpaired) electrons. The van der Waals surface area contributed by atoms with E-state index in [1.165, 1.54) is 0 Å². The summed E-state index contributed by atoms with van der Waals surface area (Å²) in [5, 5.41) is 0.156. The van der Waals surface area contributed by atoms with Gasteiger partial charge in [0.1, 0.15) is 5.82 Å². The van der Waals surface area contributed by atoms with Crippen LogP contribution < -0.4 is 5.73 Å². The van der Waals surface area contributed by atoms with E-state index in [4.69, 9.17) is 17.3 Å². The van der Waals surface area contributed by atoms with E-state index >= 15 is 0 Å². The van der Waals surface area contributed by atoms with E-state index < -0.39 is 0 Å². The summed E-state index contributed by atoms with van der Waals surface area (Å²) in [7, 11) is 0. The van der Waals surface area contributed by atoms with Gasteiger partial charge in [-0.3, -0.25) is 4.90 Å². The van der Waals surface area contributed by atoms with E-state index in [1.54, 1.807) is 24.3 Å². The second kappa shape index (κ2) is 6.63. The first-order chi connectivity index (χ1) is 7.69. The first-order valence-electron chi connectivity index (χ1n) is 5.15. The van der Waals surface area contributed by atoms with Gasteiger partial charge in [0.15, 0.2) is 0 Å². The third-order valence-electron chi connectivity index (χ3n) is 2.26. The molecule has 0 saturated carbocycles. The van der Waals surface area contributed by atoms with Crippen LogP contribution in [0.3, 0.4) is 0 Å². The molecule has 2 nitrogen and oxygen atoms in total. The maximum absolute atomic E-state index is 13.6. The smallest absolute Gasteiger partial charge is 0.146 e. The summed E-state index contributed by atoms with van der Waals surface area (Å²) in [6.07, 6.45) is 1.78. The standard InChI is InChI=1S/C12H16ClFN2/c1-2-7-16(8-6-15)9-10-4-3-5-11(13)12(10)14/h2-5H,1,6-9,15H2. The minimum Gasteiger partial charge on any atom is -0.329 e. The molecule has 0 bridgehead atoms. The molecule has 16 heavy (non-hydrogen) atoms. The van der Waals surface area contributed by atoms with Crippen molar-refractivity contribution in [3.63, 3.8) is 0 Å². The van der Waals surface area contributed by atoms with Crippen molar-refractivity contribution in [1.82, 2.24) is 4.90 Å². The number of rotatable bonds is 6. The summed E-state index contributed by atoms with van der Waals surface area (Å²) in [4.78, 5) is 2.02. The summed E-state index contributed by atoms with van der Waals surface area (Å²) in [5.74, 6) is -0.352. The Balaban J connectivity index is 2.76. The van der Waals surface area contributed by atoms with Gasteiger partial charge >= 0.3 is 0 Å². The lowest BCUT2D eigenvalue weighted by molar-refractivity contribution is 0.298. The highest BCUT2D eigenvalue weighted by molar-refractivity contribution is 6.30. The lowest BCUT2D eigenvalue weighted by Crippen LogP contribution is -2.29. The van der Waals surface area contributed by atoms with Crippen molar-refractivity contribution in [2.45, 2.75) is 6.54 Å². The molecule has 0 spiro atoms. The van der Waals surface area contributed by atoms with Gasteiger partial charge in [0.2, 0.25) is 0 Å². The third-order valence-corrected chi connectivity index (χ3v) is 2.55. The van der Waals surface area contributed by atoms with Gasteiger partial charge in [0.25, 0.3) is 0 Å². The molecule has 0 aliphatic heterocycles. The Labute approximate surface area is 100 Å². The van der Waals surface area contributed by atoms with E-state index in [0.717, 1.165) is 0 Å². The van der Waals surface area contributed by atoms with E-state index in [0.29, 0.717) is 31.7 Å². The summed E-state index contributed by atoms with van der Waals surface area (Å²) < 4.78 is 13.6. The van der Waals surface area contributed by atoms with Crippen molar-refractivity contribution >= 4 is 11.6 Å². The number of hydrogen-bond acceptors (Lipinski definition) is 2.